The second kappa shape index (κ2) is 3.56. The van der Waals surface area contributed by atoms with Crippen molar-refractivity contribution in [2.24, 2.45) is 0 Å². The highest BCUT2D eigenvalue weighted by Gasteiger charge is 2.15. The van der Waals surface area contributed by atoms with Crippen LogP contribution in [0.4, 0.5) is 5.69 Å². The normalized spacial score (nSPS) is 13.1. The second-order valence-corrected chi connectivity index (χ2v) is 3.13. The van der Waals surface area contributed by atoms with Gasteiger partial charge in [0.1, 0.15) is 17.4 Å². The van der Waals surface area contributed by atoms with Crippen LogP contribution in [0.2, 0.25) is 0 Å². The van der Waals surface area contributed by atoms with Gasteiger partial charge in [-0.2, -0.15) is 0 Å². The third-order valence-corrected chi connectivity index (χ3v) is 2.16. The fourth-order valence-corrected chi connectivity index (χ4v) is 1.55. The van der Waals surface area contributed by atoms with Crippen LogP contribution in [0.25, 0.3) is 0 Å². The summed E-state index contributed by atoms with van der Waals surface area (Å²) in [6.07, 6.45) is 0.625. The number of allylic oxidation sites excluding steroid dienone is 1. The van der Waals surface area contributed by atoms with Crippen molar-refractivity contribution in [3.63, 3.8) is 0 Å². The summed E-state index contributed by atoms with van der Waals surface area (Å²) in [5.74, 6) is 2.72. The largest absolute Gasteiger partial charge is 0.494 e. The first-order chi connectivity index (χ1) is 6.83. The first-order valence-corrected chi connectivity index (χ1v) is 4.60. The van der Waals surface area contributed by atoms with Crippen molar-refractivity contribution in [3.05, 3.63) is 29.5 Å². The molecule has 1 aromatic carbocycles. The average molecular weight is 189 g/mol. The lowest BCUT2D eigenvalue weighted by atomic mass is 10.1. The van der Waals surface area contributed by atoms with E-state index >= 15 is 0 Å². The maximum absolute atomic E-state index is 10.4. The second-order valence-electron chi connectivity index (χ2n) is 3.13. The maximum Gasteiger partial charge on any atom is 0.146 e. The van der Waals surface area contributed by atoms with Crippen LogP contribution >= 0.6 is 0 Å². The van der Waals surface area contributed by atoms with Crippen LogP contribution < -0.4 is 10.1 Å². The van der Waals surface area contributed by atoms with Gasteiger partial charge in [-0.15, -0.1) is 0 Å². The molecule has 1 aliphatic rings. The quantitative estimate of drug-likeness (QED) is 0.720. The molecule has 0 bridgehead atoms. The van der Waals surface area contributed by atoms with E-state index in [0.717, 1.165) is 17.0 Å². The van der Waals surface area contributed by atoms with Crippen LogP contribution in [0.1, 0.15) is 12.5 Å². The molecule has 1 N–H and O–H groups in total. The summed E-state index contributed by atoms with van der Waals surface area (Å²) in [6.45, 7) is 2.60. The van der Waals surface area contributed by atoms with E-state index < -0.39 is 0 Å². The molecular weight excluding hydrogens is 178 g/mol. The molecule has 0 saturated carbocycles. The van der Waals surface area contributed by atoms with Gasteiger partial charge in [-0.3, -0.25) is 0 Å². The van der Waals surface area contributed by atoms with Crippen LogP contribution in [0.15, 0.2) is 23.9 Å². The summed E-state index contributed by atoms with van der Waals surface area (Å²) in [5.41, 5.74) is 2.66. The van der Waals surface area contributed by atoms with Crippen molar-refractivity contribution in [2.75, 3.05) is 11.9 Å². The predicted octanol–water partition coefficient (Wildman–Crippen LogP) is 1.77. The lowest BCUT2D eigenvalue weighted by Crippen LogP contribution is -1.92. The third kappa shape index (κ3) is 1.50. The van der Waals surface area contributed by atoms with E-state index in [1.807, 2.05) is 31.1 Å². The van der Waals surface area contributed by atoms with Gasteiger partial charge >= 0.3 is 0 Å². The molecule has 0 atom stereocenters. The first-order valence-electron chi connectivity index (χ1n) is 4.60. The smallest absolute Gasteiger partial charge is 0.146 e. The van der Waals surface area contributed by atoms with Crippen LogP contribution in [-0.2, 0) is 11.2 Å². The first kappa shape index (κ1) is 8.85. The number of nitrogens with one attached hydrogen (secondary N) is 1. The van der Waals surface area contributed by atoms with Crippen molar-refractivity contribution in [2.45, 2.75) is 13.3 Å². The number of hydrogen-bond acceptors (Lipinski definition) is 3. The van der Waals surface area contributed by atoms with E-state index in [9.17, 15) is 4.79 Å². The summed E-state index contributed by atoms with van der Waals surface area (Å²) in [6, 6.07) is 5.77. The molecule has 0 unspecified atom stereocenters. The van der Waals surface area contributed by atoms with Crippen LogP contribution in [0.3, 0.4) is 0 Å². The summed E-state index contributed by atoms with van der Waals surface area (Å²) >= 11 is 0. The van der Waals surface area contributed by atoms with Gasteiger partial charge in [-0.05, 0) is 30.7 Å². The Morgan fingerprint density at radius 3 is 3.14 bits per heavy atom. The molecule has 1 heterocycles. The summed E-state index contributed by atoms with van der Waals surface area (Å²) in [7, 11) is 0. The fourth-order valence-electron chi connectivity index (χ4n) is 1.55. The van der Waals surface area contributed by atoms with Gasteiger partial charge in [0, 0.05) is 12.1 Å². The van der Waals surface area contributed by atoms with Crippen molar-refractivity contribution >= 4 is 11.6 Å². The molecule has 0 aromatic heterocycles. The van der Waals surface area contributed by atoms with Gasteiger partial charge in [0.25, 0.3) is 0 Å². The topological polar surface area (TPSA) is 38.3 Å². The van der Waals surface area contributed by atoms with Gasteiger partial charge in [-0.25, -0.2) is 4.79 Å². The number of fused-ring (bicyclic) bond motifs is 1. The molecule has 1 aromatic rings. The van der Waals surface area contributed by atoms with Crippen molar-refractivity contribution < 1.29 is 9.53 Å². The van der Waals surface area contributed by atoms with Gasteiger partial charge in [0.2, 0.25) is 0 Å². The maximum atomic E-state index is 10.4. The highest BCUT2D eigenvalue weighted by molar-refractivity contribution is 5.72. The zero-order valence-electron chi connectivity index (χ0n) is 7.96. The molecule has 1 aliphatic heterocycles. The Morgan fingerprint density at radius 2 is 2.43 bits per heavy atom. The molecule has 0 saturated heterocycles. The number of ether oxygens (including phenoxy) is 1. The molecule has 3 nitrogen and oxygen atoms in total. The Hall–Kier alpha value is -1.73. The summed E-state index contributed by atoms with van der Waals surface area (Å²) in [4.78, 5) is 10.4. The molecule has 2 rings (SSSR count). The van der Waals surface area contributed by atoms with Crippen molar-refractivity contribution in [1.82, 2.24) is 0 Å². The zero-order chi connectivity index (χ0) is 9.97. The minimum absolute atomic E-state index is 0.591. The van der Waals surface area contributed by atoms with Gasteiger partial charge in [0.15, 0.2) is 0 Å². The van der Waals surface area contributed by atoms with E-state index in [4.69, 9.17) is 4.74 Å². The van der Waals surface area contributed by atoms with Gasteiger partial charge < -0.3 is 10.1 Å². The van der Waals surface area contributed by atoms with Gasteiger partial charge in [0.05, 0.1) is 6.61 Å². The predicted molar refractivity (Wildman–Crippen MR) is 54.1 cm³/mol. The SMILES string of the molecule is CCOc1ccc2c(c1)CC(=C=O)N2. The molecule has 0 radical (unpaired) electrons. The van der Waals surface area contributed by atoms with E-state index in [0.29, 0.717) is 18.7 Å². The Kier molecular flexibility index (Phi) is 2.25. The van der Waals surface area contributed by atoms with Crippen LogP contribution in [0, 0.1) is 0 Å². The van der Waals surface area contributed by atoms with E-state index in [2.05, 4.69) is 5.32 Å². The lowest BCUT2D eigenvalue weighted by Gasteiger charge is -2.04. The summed E-state index contributed by atoms with van der Waals surface area (Å²) in [5, 5.41) is 2.99. The Bertz CT molecular complexity index is 406. The molecule has 0 aliphatic carbocycles. The standard InChI is InChI=1S/C11H11NO2/c1-2-14-10-3-4-11-8(6-10)5-9(7-13)12-11/h3-4,6,12H,2,5H2,1H3. The summed E-state index contributed by atoms with van der Waals surface area (Å²) < 4.78 is 5.36. The average Bonchev–Trinajstić information content (AvgIpc) is 2.60. The van der Waals surface area contributed by atoms with E-state index in [1.165, 1.54) is 0 Å². The molecule has 3 heteroatoms. The highest BCUT2D eigenvalue weighted by atomic mass is 16.5. The zero-order valence-corrected chi connectivity index (χ0v) is 7.96. The lowest BCUT2D eigenvalue weighted by molar-refractivity contribution is 0.340. The van der Waals surface area contributed by atoms with Crippen LogP contribution in [0.5, 0.6) is 5.75 Å². The Morgan fingerprint density at radius 1 is 1.57 bits per heavy atom. The minimum Gasteiger partial charge on any atom is -0.494 e. The molecule has 0 fully saturated rings. The molecule has 0 amide bonds. The van der Waals surface area contributed by atoms with E-state index in [1.54, 1.807) is 0 Å². The fraction of sp³-hybridized carbons (Fsp3) is 0.273. The monoisotopic (exact) mass is 189 g/mol. The number of hydrogen-bond donors (Lipinski definition) is 1. The minimum atomic E-state index is 0.591. The molecule has 14 heavy (non-hydrogen) atoms. The van der Waals surface area contributed by atoms with Crippen molar-refractivity contribution in [1.29, 1.82) is 0 Å². The number of anilines is 1. The Balaban J connectivity index is 2.30. The third-order valence-electron chi connectivity index (χ3n) is 2.16. The molecule has 72 valence electrons. The van der Waals surface area contributed by atoms with Crippen molar-refractivity contribution in [3.8, 4) is 5.75 Å². The van der Waals surface area contributed by atoms with Crippen LogP contribution in [-0.4, -0.2) is 12.5 Å². The van der Waals surface area contributed by atoms with E-state index in [-0.39, 0.29) is 0 Å². The number of benzene rings is 1. The molecule has 0 spiro atoms. The Labute approximate surface area is 82.4 Å². The number of carbonyl (C=O) groups excluding carboxylic acids is 1. The number of rotatable bonds is 2. The molecular formula is C11H11NO2. The highest BCUT2D eigenvalue weighted by Crippen LogP contribution is 2.29. The van der Waals surface area contributed by atoms with Gasteiger partial charge in [-0.1, -0.05) is 0 Å².